The number of amides is 1. The van der Waals surface area contributed by atoms with Gasteiger partial charge in [-0.15, -0.1) is 0 Å². The molecule has 10 heteroatoms. The van der Waals surface area contributed by atoms with E-state index in [2.05, 4.69) is 15.3 Å². The van der Waals surface area contributed by atoms with E-state index in [0.717, 1.165) is 35.8 Å². The highest BCUT2D eigenvalue weighted by Crippen LogP contribution is 2.22. The topological polar surface area (TPSA) is 152 Å². The first kappa shape index (κ1) is 21.5. The molecule has 7 N–H and O–H groups in total. The number of rotatable bonds is 10. The number of aliphatic imine (C=N–C) groups is 1. The predicted molar refractivity (Wildman–Crippen MR) is 109 cm³/mol. The quantitative estimate of drug-likeness (QED) is 0.227. The smallest absolute Gasteiger partial charge is 0.227 e. The number of phenolic OH excluding ortho intramolecular Hbond substituents is 1. The molecule has 0 aliphatic carbocycles. The lowest BCUT2D eigenvalue weighted by atomic mass is 10.2. The molecule has 2 rings (SSSR count). The zero-order valence-corrected chi connectivity index (χ0v) is 16.2. The molecule has 1 amide bonds. The molecule has 9 nitrogen and oxygen atoms in total. The van der Waals surface area contributed by atoms with Gasteiger partial charge in [-0.25, -0.2) is 9.98 Å². The number of fused-ring (bicyclic) bond motifs is 1. The monoisotopic (exact) mass is 408 g/mol. The molecule has 1 heterocycles. The van der Waals surface area contributed by atoms with Crippen LogP contribution in [0.2, 0.25) is 0 Å². The summed E-state index contributed by atoms with van der Waals surface area (Å²) in [5, 5.41) is 21.5. The zero-order valence-electron chi connectivity index (χ0n) is 15.4. The molecule has 0 saturated carbocycles. The van der Waals surface area contributed by atoms with Crippen LogP contribution < -0.4 is 16.8 Å². The number of aromatic nitrogens is 2. The number of aromatic hydroxyl groups is 1. The number of phenols is 1. The van der Waals surface area contributed by atoms with Gasteiger partial charge in [-0.05, 0) is 31.4 Å². The molecule has 0 atom stereocenters. The number of amidine groups is 1. The number of unbranched alkanes of at least 4 members (excludes halogenated alkanes) is 2. The second kappa shape index (κ2) is 10.5. The molecule has 152 valence electrons. The SMILES string of the molecule is NC(=C\Cl)/N=C(/N)CC(=O)NCc1nc2ccc(O)cc2n1CCCCCO. The molecule has 0 bridgehead atoms. The van der Waals surface area contributed by atoms with E-state index in [1.165, 1.54) is 0 Å². The minimum atomic E-state index is -0.328. The van der Waals surface area contributed by atoms with Crippen LogP contribution in [-0.2, 0) is 17.9 Å². The van der Waals surface area contributed by atoms with Gasteiger partial charge in [0.05, 0.1) is 24.0 Å². The number of hydrogen-bond acceptors (Lipinski definition) is 6. The second-order valence-electron chi connectivity index (χ2n) is 6.23. The summed E-state index contributed by atoms with van der Waals surface area (Å²) in [6, 6.07) is 4.94. The van der Waals surface area contributed by atoms with E-state index in [1.807, 2.05) is 4.57 Å². The number of nitrogens with zero attached hydrogens (tertiary/aromatic N) is 3. The van der Waals surface area contributed by atoms with Gasteiger partial charge in [0.15, 0.2) is 0 Å². The van der Waals surface area contributed by atoms with Crippen LogP contribution in [0.15, 0.2) is 34.5 Å². The minimum Gasteiger partial charge on any atom is -0.508 e. The fourth-order valence-electron chi connectivity index (χ4n) is 2.74. The Labute approximate surface area is 167 Å². The lowest BCUT2D eigenvalue weighted by Crippen LogP contribution is -2.29. The van der Waals surface area contributed by atoms with E-state index >= 15 is 0 Å². The van der Waals surface area contributed by atoms with Gasteiger partial charge in [0.2, 0.25) is 5.91 Å². The number of halogens is 1. The summed E-state index contributed by atoms with van der Waals surface area (Å²) in [5.74, 6) is 0.554. The van der Waals surface area contributed by atoms with Gasteiger partial charge in [0.25, 0.3) is 0 Å². The number of aliphatic hydroxyl groups excluding tert-OH is 1. The number of imidazole rings is 1. The molecular formula is C18H25ClN6O3. The van der Waals surface area contributed by atoms with E-state index in [4.69, 9.17) is 28.2 Å². The van der Waals surface area contributed by atoms with Gasteiger partial charge in [-0.3, -0.25) is 4.79 Å². The fourth-order valence-corrected chi connectivity index (χ4v) is 2.79. The average molecular weight is 409 g/mol. The van der Waals surface area contributed by atoms with Crippen LogP contribution in [-0.4, -0.2) is 38.1 Å². The summed E-state index contributed by atoms with van der Waals surface area (Å²) in [4.78, 5) is 20.4. The lowest BCUT2D eigenvalue weighted by molar-refractivity contribution is -0.120. The number of carbonyl (C=O) groups excluding carboxylic acids is 1. The number of aliphatic hydroxyl groups is 1. The van der Waals surface area contributed by atoms with Gasteiger partial charge in [-0.2, -0.15) is 0 Å². The van der Waals surface area contributed by atoms with Gasteiger partial charge in [0.1, 0.15) is 23.2 Å². The molecule has 28 heavy (non-hydrogen) atoms. The molecule has 0 aliphatic heterocycles. The van der Waals surface area contributed by atoms with Gasteiger partial charge >= 0.3 is 0 Å². The third kappa shape index (κ3) is 6.14. The van der Waals surface area contributed by atoms with Crippen molar-refractivity contribution in [1.82, 2.24) is 14.9 Å². The number of carbonyl (C=O) groups is 1. The normalized spacial score (nSPS) is 12.5. The van der Waals surface area contributed by atoms with Gasteiger partial charge < -0.3 is 31.6 Å². The average Bonchev–Trinajstić information content (AvgIpc) is 3.00. The Hall–Kier alpha value is -2.78. The van der Waals surface area contributed by atoms with Crippen LogP contribution >= 0.6 is 11.6 Å². The summed E-state index contributed by atoms with van der Waals surface area (Å²) in [5.41, 5.74) is 13.7. The maximum Gasteiger partial charge on any atom is 0.227 e. The fraction of sp³-hybridized carbons (Fsp3) is 0.389. The minimum absolute atomic E-state index is 0.0245. The highest BCUT2D eigenvalue weighted by atomic mass is 35.5. The van der Waals surface area contributed by atoms with E-state index in [1.54, 1.807) is 18.2 Å². The second-order valence-corrected chi connectivity index (χ2v) is 6.45. The number of hydrogen-bond donors (Lipinski definition) is 5. The Morgan fingerprint density at radius 3 is 2.82 bits per heavy atom. The Morgan fingerprint density at radius 2 is 2.11 bits per heavy atom. The van der Waals surface area contributed by atoms with Crippen molar-refractivity contribution in [2.45, 2.75) is 38.8 Å². The van der Waals surface area contributed by atoms with E-state index < -0.39 is 0 Å². The number of aryl methyl sites for hydroxylation is 1. The molecule has 0 saturated heterocycles. The van der Waals surface area contributed by atoms with Crippen molar-refractivity contribution in [2.24, 2.45) is 16.5 Å². The van der Waals surface area contributed by atoms with Crippen molar-refractivity contribution >= 4 is 34.4 Å². The Balaban J connectivity index is 2.10. The number of benzene rings is 1. The maximum absolute atomic E-state index is 12.1. The molecule has 0 spiro atoms. The number of nitrogens with one attached hydrogen (secondary N) is 1. The van der Waals surface area contributed by atoms with Crippen molar-refractivity contribution in [3.05, 3.63) is 35.4 Å². The summed E-state index contributed by atoms with van der Waals surface area (Å²) < 4.78 is 1.96. The first-order chi connectivity index (χ1) is 13.4. The molecule has 2 aromatic rings. The van der Waals surface area contributed by atoms with Crippen molar-refractivity contribution in [1.29, 1.82) is 0 Å². The van der Waals surface area contributed by atoms with Crippen molar-refractivity contribution in [2.75, 3.05) is 6.61 Å². The van der Waals surface area contributed by atoms with Gasteiger partial charge in [-0.1, -0.05) is 11.6 Å². The Kier molecular flexibility index (Phi) is 8.09. The largest absolute Gasteiger partial charge is 0.508 e. The Bertz CT molecular complexity index is 878. The highest BCUT2D eigenvalue weighted by Gasteiger charge is 2.13. The zero-order chi connectivity index (χ0) is 20.5. The van der Waals surface area contributed by atoms with Crippen LogP contribution in [0.1, 0.15) is 31.5 Å². The van der Waals surface area contributed by atoms with Crippen LogP contribution in [0.5, 0.6) is 5.75 Å². The first-order valence-corrected chi connectivity index (χ1v) is 9.32. The third-order valence-electron chi connectivity index (χ3n) is 4.02. The molecule has 0 aliphatic rings. The summed E-state index contributed by atoms with van der Waals surface area (Å²) >= 11 is 5.41. The molecule has 1 aromatic heterocycles. The van der Waals surface area contributed by atoms with Crippen molar-refractivity contribution < 1.29 is 15.0 Å². The van der Waals surface area contributed by atoms with Crippen LogP contribution in [0, 0.1) is 0 Å². The third-order valence-corrected chi connectivity index (χ3v) is 4.24. The van der Waals surface area contributed by atoms with Gasteiger partial charge in [0, 0.05) is 24.8 Å². The molecule has 0 fully saturated rings. The van der Waals surface area contributed by atoms with E-state index in [9.17, 15) is 9.90 Å². The van der Waals surface area contributed by atoms with Crippen LogP contribution in [0.3, 0.4) is 0 Å². The van der Waals surface area contributed by atoms with E-state index in [0.29, 0.717) is 12.4 Å². The molecule has 1 aromatic carbocycles. The Morgan fingerprint density at radius 1 is 1.32 bits per heavy atom. The summed E-state index contributed by atoms with van der Waals surface area (Å²) in [6.45, 7) is 1.01. The van der Waals surface area contributed by atoms with Crippen molar-refractivity contribution in [3.8, 4) is 5.75 Å². The summed E-state index contributed by atoms with van der Waals surface area (Å²) in [7, 11) is 0. The number of nitrogens with two attached hydrogens (primary N) is 2. The molecule has 0 radical (unpaired) electrons. The standard InChI is InChI=1S/C18H25ClN6O3/c19-10-16(21)24-15(20)9-18(28)22-11-17-23-13-5-4-12(27)8-14(13)25(17)6-2-1-3-7-26/h4-5,8,10,26-27H,1-3,6-7,9,11,21H2,(H2,20,24)(H,22,28)/b16-10+. The van der Waals surface area contributed by atoms with E-state index in [-0.39, 0.29) is 42.9 Å². The summed E-state index contributed by atoms with van der Waals surface area (Å²) in [6.07, 6.45) is 2.31. The molecule has 0 unspecified atom stereocenters. The first-order valence-electron chi connectivity index (χ1n) is 8.89. The molecular weight excluding hydrogens is 384 g/mol. The van der Waals surface area contributed by atoms with Crippen LogP contribution in [0.4, 0.5) is 0 Å². The lowest BCUT2D eigenvalue weighted by Gasteiger charge is -2.10. The highest BCUT2D eigenvalue weighted by molar-refractivity contribution is 6.25. The van der Waals surface area contributed by atoms with Crippen LogP contribution in [0.25, 0.3) is 11.0 Å². The maximum atomic E-state index is 12.1. The van der Waals surface area contributed by atoms with Crippen molar-refractivity contribution in [3.63, 3.8) is 0 Å². The predicted octanol–water partition coefficient (Wildman–Crippen LogP) is 1.26.